The number of benzene rings is 3. The van der Waals surface area contributed by atoms with Crippen LogP contribution in [0.5, 0.6) is 5.75 Å². The minimum absolute atomic E-state index is 0.0472. The number of aliphatic hydroxyl groups is 1. The molecule has 216 valence electrons. The second-order valence-corrected chi connectivity index (χ2v) is 14.2. The van der Waals surface area contributed by atoms with Crippen LogP contribution >= 0.6 is 11.6 Å². The molecule has 0 unspecified atom stereocenters. The highest BCUT2D eigenvalue weighted by molar-refractivity contribution is 7.87. The van der Waals surface area contributed by atoms with Gasteiger partial charge in [-0.05, 0) is 103 Å². The average molecular weight is 602 g/mol. The molecule has 4 atom stereocenters. The molecule has 0 saturated heterocycles. The smallest absolute Gasteiger partial charge is 0.339 e. The highest BCUT2D eigenvalue weighted by Crippen LogP contribution is 2.72. The molecule has 42 heavy (non-hydrogen) atoms. The molecule has 9 heteroatoms. The lowest BCUT2D eigenvalue weighted by Crippen LogP contribution is -2.39. The topological polar surface area (TPSA) is 94.3 Å². The maximum absolute atomic E-state index is 13.3. The molecule has 2 saturated carbocycles. The van der Waals surface area contributed by atoms with Crippen LogP contribution in [0.4, 0.5) is 0 Å². The highest BCUT2D eigenvalue weighted by atomic mass is 35.5. The number of hydrogen-bond donors (Lipinski definition) is 1. The van der Waals surface area contributed by atoms with Crippen LogP contribution in [0.25, 0.3) is 11.3 Å². The summed E-state index contributed by atoms with van der Waals surface area (Å²) in [6.07, 6.45) is 4.78. The molecule has 3 aromatic carbocycles. The Hall–Kier alpha value is -3.46. The van der Waals surface area contributed by atoms with Gasteiger partial charge < -0.3 is 9.29 Å². The van der Waals surface area contributed by atoms with Crippen molar-refractivity contribution in [2.75, 3.05) is 0 Å². The number of fused-ring (bicyclic) bond motifs is 3. The molecule has 0 aliphatic heterocycles. The summed E-state index contributed by atoms with van der Waals surface area (Å²) in [5.74, 6) is 0.494. The minimum Gasteiger partial charge on any atom is -0.386 e. The summed E-state index contributed by atoms with van der Waals surface area (Å²) in [7, 11) is -4.02. The fourth-order valence-electron chi connectivity index (χ4n) is 7.78. The number of aromatic nitrogens is 3. The molecule has 2 bridgehead atoms. The van der Waals surface area contributed by atoms with Gasteiger partial charge in [0.2, 0.25) is 0 Å². The Morgan fingerprint density at radius 1 is 1.10 bits per heavy atom. The lowest BCUT2D eigenvalue weighted by atomic mass is 9.63. The van der Waals surface area contributed by atoms with Gasteiger partial charge in [0.15, 0.2) is 0 Å². The molecular formula is C33H32ClN3O4S. The quantitative estimate of drug-likeness (QED) is 0.195. The molecule has 3 aliphatic rings. The number of nitrogens with zero attached hydrogens (tertiary/aromatic N) is 3. The number of hydrogen-bond acceptors (Lipinski definition) is 6. The van der Waals surface area contributed by atoms with Crippen LogP contribution in [0.2, 0.25) is 5.02 Å². The largest absolute Gasteiger partial charge is 0.386 e. The van der Waals surface area contributed by atoms with Crippen molar-refractivity contribution in [2.45, 2.75) is 68.4 Å². The number of rotatable bonds is 6. The summed E-state index contributed by atoms with van der Waals surface area (Å²) in [4.78, 5) is 0.117. The maximum Gasteiger partial charge on any atom is 0.339 e. The van der Waals surface area contributed by atoms with Gasteiger partial charge in [0, 0.05) is 16.5 Å². The molecule has 4 aromatic rings. The zero-order chi connectivity index (χ0) is 29.4. The van der Waals surface area contributed by atoms with Crippen LogP contribution in [0.3, 0.4) is 0 Å². The van der Waals surface area contributed by atoms with Gasteiger partial charge in [0.1, 0.15) is 16.3 Å². The van der Waals surface area contributed by atoms with Gasteiger partial charge in [-0.25, -0.2) is 0 Å². The Morgan fingerprint density at radius 2 is 1.83 bits per heavy atom. The summed E-state index contributed by atoms with van der Waals surface area (Å²) in [5.41, 5.74) is 5.48. The third-order valence-electron chi connectivity index (χ3n) is 9.84. The number of halogens is 1. The molecule has 3 aliphatic carbocycles. The molecule has 2 fully saturated rings. The second-order valence-electron chi connectivity index (χ2n) is 12.2. The standard InChI is InChI=1S/C33H32ClN3O4S/c1-20-4-10-25(11-5-20)42(39,40)41-30-13-12-26-27-14-15-33(38)19-32(27,16-21(33)2)28(31(26)22(30)3)17-37-18-29(35-36-37)23-6-8-24(34)9-7-23/h4-13,18,27-28,38H,2,14-17,19H2,1,3H3/t27-,28-,32-,33-/m0/s1. The fraction of sp³-hybridized carbons (Fsp3) is 0.333. The van der Waals surface area contributed by atoms with Crippen LogP contribution in [0.15, 0.2) is 83.9 Å². The van der Waals surface area contributed by atoms with Crippen molar-refractivity contribution in [1.82, 2.24) is 15.0 Å². The number of aryl methyl sites for hydroxylation is 1. The van der Waals surface area contributed by atoms with Crippen LogP contribution in [0.1, 0.15) is 59.8 Å². The van der Waals surface area contributed by atoms with Crippen molar-refractivity contribution < 1.29 is 17.7 Å². The van der Waals surface area contributed by atoms with E-state index in [2.05, 4.69) is 16.9 Å². The lowest BCUT2D eigenvalue weighted by Gasteiger charge is -2.42. The monoisotopic (exact) mass is 601 g/mol. The van der Waals surface area contributed by atoms with Crippen molar-refractivity contribution in [3.63, 3.8) is 0 Å². The Morgan fingerprint density at radius 3 is 2.57 bits per heavy atom. The predicted octanol–water partition coefficient (Wildman–Crippen LogP) is 6.73. The van der Waals surface area contributed by atoms with Gasteiger partial charge >= 0.3 is 10.1 Å². The molecule has 1 heterocycles. The fourth-order valence-corrected chi connectivity index (χ4v) is 8.88. The molecule has 7 rings (SSSR count). The van der Waals surface area contributed by atoms with E-state index in [-0.39, 0.29) is 22.1 Å². The zero-order valence-electron chi connectivity index (χ0n) is 23.5. The Labute approximate surface area is 250 Å². The van der Waals surface area contributed by atoms with Gasteiger partial charge in [-0.15, -0.1) is 5.10 Å². The molecule has 1 N–H and O–H groups in total. The molecule has 0 radical (unpaired) electrons. The third-order valence-corrected chi connectivity index (χ3v) is 11.3. The van der Waals surface area contributed by atoms with Gasteiger partial charge in [-0.2, -0.15) is 8.42 Å². The van der Waals surface area contributed by atoms with Crippen molar-refractivity contribution in [3.8, 4) is 17.0 Å². The van der Waals surface area contributed by atoms with E-state index in [9.17, 15) is 13.5 Å². The van der Waals surface area contributed by atoms with Gasteiger partial charge in [0.25, 0.3) is 0 Å². The van der Waals surface area contributed by atoms with Crippen molar-refractivity contribution >= 4 is 21.7 Å². The average Bonchev–Trinajstić information content (AvgIpc) is 3.58. The van der Waals surface area contributed by atoms with E-state index in [1.165, 1.54) is 5.56 Å². The molecule has 0 amide bonds. The molecule has 1 spiro atoms. The first-order valence-corrected chi connectivity index (χ1v) is 16.0. The molecular weight excluding hydrogens is 570 g/mol. The van der Waals surface area contributed by atoms with E-state index in [1.54, 1.807) is 30.3 Å². The van der Waals surface area contributed by atoms with E-state index in [4.69, 9.17) is 15.8 Å². The van der Waals surface area contributed by atoms with E-state index in [0.29, 0.717) is 36.6 Å². The van der Waals surface area contributed by atoms with Gasteiger partial charge in [0.05, 0.1) is 18.3 Å². The predicted molar refractivity (Wildman–Crippen MR) is 161 cm³/mol. The maximum atomic E-state index is 13.3. The SMILES string of the molecule is C=C1C[C@]23C[C@@]1(O)CC[C@H]2c1ccc(OS(=O)(=O)c2ccc(C)cc2)c(C)c1[C@@H]3Cn1cc(-c2ccc(Cl)cc2)nn1. The van der Waals surface area contributed by atoms with Crippen LogP contribution in [-0.2, 0) is 16.7 Å². The molecule has 1 aromatic heterocycles. The first-order valence-electron chi connectivity index (χ1n) is 14.2. The summed E-state index contributed by atoms with van der Waals surface area (Å²) < 4.78 is 34.2. The first-order chi connectivity index (χ1) is 20.0. The summed E-state index contributed by atoms with van der Waals surface area (Å²) in [5, 5.41) is 21.1. The normalized spacial score (nSPS) is 26.2. The van der Waals surface area contributed by atoms with Crippen LogP contribution < -0.4 is 4.18 Å². The Kier molecular flexibility index (Phi) is 6.21. The minimum atomic E-state index is -4.02. The Bertz CT molecular complexity index is 1830. The zero-order valence-corrected chi connectivity index (χ0v) is 25.1. The second kappa shape index (κ2) is 9.53. The third kappa shape index (κ3) is 4.22. The van der Waals surface area contributed by atoms with E-state index >= 15 is 0 Å². The van der Waals surface area contributed by atoms with E-state index in [0.717, 1.165) is 39.9 Å². The lowest BCUT2D eigenvalue weighted by molar-refractivity contribution is 0.00370. The van der Waals surface area contributed by atoms with Crippen LogP contribution in [-0.4, -0.2) is 34.1 Å². The first kappa shape index (κ1) is 27.4. The van der Waals surface area contributed by atoms with Gasteiger partial charge in [-0.1, -0.05) is 59.3 Å². The van der Waals surface area contributed by atoms with E-state index < -0.39 is 15.7 Å². The van der Waals surface area contributed by atoms with E-state index in [1.807, 2.05) is 55.1 Å². The van der Waals surface area contributed by atoms with Crippen molar-refractivity contribution in [3.05, 3.63) is 106 Å². The summed E-state index contributed by atoms with van der Waals surface area (Å²) >= 11 is 6.08. The summed E-state index contributed by atoms with van der Waals surface area (Å²) in [6.45, 7) is 8.69. The highest BCUT2D eigenvalue weighted by Gasteiger charge is 2.64. The summed E-state index contributed by atoms with van der Waals surface area (Å²) in [6, 6.07) is 18.0. The molecule has 7 nitrogen and oxygen atoms in total. The van der Waals surface area contributed by atoms with Gasteiger partial charge in [-0.3, -0.25) is 4.68 Å². The Balaban J connectivity index is 1.30. The van der Waals surface area contributed by atoms with Crippen LogP contribution in [0, 0.1) is 19.3 Å². The van der Waals surface area contributed by atoms with Crippen molar-refractivity contribution in [1.29, 1.82) is 0 Å². The van der Waals surface area contributed by atoms with Crippen molar-refractivity contribution in [2.24, 2.45) is 5.41 Å².